The highest BCUT2D eigenvalue weighted by Crippen LogP contribution is 2.19. The molecule has 0 spiro atoms. The molecule has 9 nitrogen and oxygen atoms in total. The van der Waals surface area contributed by atoms with Gasteiger partial charge in [0.05, 0.1) is 24.7 Å². The second-order valence-corrected chi connectivity index (χ2v) is 10.5. The number of sulfonamides is 1. The van der Waals surface area contributed by atoms with E-state index in [1.807, 2.05) is 4.90 Å². The van der Waals surface area contributed by atoms with Crippen molar-refractivity contribution < 1.29 is 22.7 Å². The van der Waals surface area contributed by atoms with E-state index in [2.05, 4.69) is 17.1 Å². The molecule has 2 amide bonds. The van der Waals surface area contributed by atoms with Crippen molar-refractivity contribution in [3.8, 4) is 0 Å². The Bertz CT molecular complexity index is 902. The molecule has 0 aromatic heterocycles. The molecule has 0 unspecified atom stereocenters. The van der Waals surface area contributed by atoms with E-state index in [4.69, 9.17) is 4.74 Å². The summed E-state index contributed by atoms with van der Waals surface area (Å²) in [4.78, 5) is 29.2. The molecule has 10 heteroatoms. The van der Waals surface area contributed by atoms with Gasteiger partial charge in [-0.25, -0.2) is 8.42 Å². The Morgan fingerprint density at radius 2 is 1.91 bits per heavy atom. The van der Waals surface area contributed by atoms with Gasteiger partial charge in [-0.15, -0.1) is 0 Å². The Morgan fingerprint density at radius 1 is 1.12 bits per heavy atom. The number of benzene rings is 1. The molecule has 3 rings (SSSR count). The van der Waals surface area contributed by atoms with Gasteiger partial charge in [-0.1, -0.05) is 32.3 Å². The molecule has 2 heterocycles. The van der Waals surface area contributed by atoms with Gasteiger partial charge in [-0.2, -0.15) is 4.31 Å². The summed E-state index contributed by atoms with van der Waals surface area (Å²) >= 11 is 0. The van der Waals surface area contributed by atoms with Gasteiger partial charge in [-0.05, 0) is 24.6 Å². The number of ether oxygens (including phenoxy) is 1. The van der Waals surface area contributed by atoms with Gasteiger partial charge in [0.2, 0.25) is 15.9 Å². The molecule has 0 radical (unpaired) electrons. The van der Waals surface area contributed by atoms with Crippen LogP contribution in [0.15, 0.2) is 29.2 Å². The van der Waals surface area contributed by atoms with Gasteiger partial charge in [0.15, 0.2) is 0 Å². The fourth-order valence-electron chi connectivity index (χ4n) is 4.07. The van der Waals surface area contributed by atoms with Gasteiger partial charge in [0, 0.05) is 51.4 Å². The van der Waals surface area contributed by atoms with Crippen molar-refractivity contribution >= 4 is 21.8 Å². The summed E-state index contributed by atoms with van der Waals surface area (Å²) in [5.41, 5.74) is 0.356. The molecule has 2 aliphatic rings. The number of rotatable bonds is 11. The topological polar surface area (TPSA) is 99.3 Å². The van der Waals surface area contributed by atoms with E-state index in [1.54, 1.807) is 12.1 Å². The number of morpholine rings is 1. The van der Waals surface area contributed by atoms with Crippen LogP contribution in [0.1, 0.15) is 43.0 Å². The van der Waals surface area contributed by atoms with Crippen LogP contribution in [-0.2, 0) is 19.6 Å². The molecule has 0 saturated carbocycles. The minimum atomic E-state index is -3.85. The first-order valence-corrected chi connectivity index (χ1v) is 13.3. The second-order valence-electron chi connectivity index (χ2n) is 8.52. The summed E-state index contributed by atoms with van der Waals surface area (Å²) in [5.74, 6) is -0.480. The van der Waals surface area contributed by atoms with Crippen molar-refractivity contribution in [3.63, 3.8) is 0 Å². The average molecular weight is 481 g/mol. The van der Waals surface area contributed by atoms with Crippen LogP contribution in [0.25, 0.3) is 0 Å². The zero-order chi connectivity index (χ0) is 23.7. The maximum atomic E-state index is 13.4. The maximum Gasteiger partial charge on any atom is 0.253 e. The van der Waals surface area contributed by atoms with E-state index in [0.717, 1.165) is 49.6 Å². The van der Waals surface area contributed by atoms with E-state index >= 15 is 0 Å². The number of hydrogen-bond acceptors (Lipinski definition) is 6. The molecule has 1 aromatic carbocycles. The molecule has 2 fully saturated rings. The molecular formula is C23H36N4O5S. The smallest absolute Gasteiger partial charge is 0.253 e. The Morgan fingerprint density at radius 3 is 2.64 bits per heavy atom. The number of amides is 2. The Kier molecular flexibility index (Phi) is 9.66. The normalized spacial score (nSPS) is 18.2. The van der Waals surface area contributed by atoms with Gasteiger partial charge in [-0.3, -0.25) is 14.5 Å². The third-order valence-electron chi connectivity index (χ3n) is 6.08. The molecule has 2 saturated heterocycles. The molecule has 1 N–H and O–H groups in total. The summed E-state index contributed by atoms with van der Waals surface area (Å²) in [6.07, 6.45) is 4.23. The van der Waals surface area contributed by atoms with Crippen molar-refractivity contribution in [1.82, 2.24) is 19.4 Å². The molecule has 184 valence electrons. The highest BCUT2D eigenvalue weighted by atomic mass is 32.2. The lowest BCUT2D eigenvalue weighted by molar-refractivity contribution is -0.122. The van der Waals surface area contributed by atoms with Gasteiger partial charge < -0.3 is 15.0 Å². The molecule has 33 heavy (non-hydrogen) atoms. The number of nitrogens with zero attached hydrogens (tertiary/aromatic N) is 3. The number of nitrogens with one attached hydrogen (secondary N) is 1. The van der Waals surface area contributed by atoms with Crippen LogP contribution in [0.5, 0.6) is 0 Å². The average Bonchev–Trinajstić information content (AvgIpc) is 2.84. The van der Waals surface area contributed by atoms with E-state index in [-0.39, 0.29) is 36.3 Å². The minimum absolute atomic E-state index is 0.0437. The third-order valence-corrected chi connectivity index (χ3v) is 7.92. The van der Waals surface area contributed by atoms with Crippen LogP contribution in [0.2, 0.25) is 0 Å². The van der Waals surface area contributed by atoms with Crippen molar-refractivity contribution in [2.75, 3.05) is 65.6 Å². The SMILES string of the molecule is CCCCCCN(CCN1CCOCC1)C(=O)c1cccc(S(=O)(=O)N2CCNC(=O)C2)c1. The van der Waals surface area contributed by atoms with Gasteiger partial charge in [0.25, 0.3) is 5.91 Å². The predicted molar refractivity (Wildman–Crippen MR) is 126 cm³/mol. The van der Waals surface area contributed by atoms with Crippen molar-refractivity contribution in [2.45, 2.75) is 37.5 Å². The highest BCUT2D eigenvalue weighted by molar-refractivity contribution is 7.89. The van der Waals surface area contributed by atoms with E-state index in [9.17, 15) is 18.0 Å². The van der Waals surface area contributed by atoms with E-state index < -0.39 is 10.0 Å². The third kappa shape index (κ3) is 7.23. The van der Waals surface area contributed by atoms with Gasteiger partial charge in [0.1, 0.15) is 0 Å². The maximum absolute atomic E-state index is 13.4. The minimum Gasteiger partial charge on any atom is -0.379 e. The molecule has 0 aliphatic carbocycles. The standard InChI is InChI=1S/C23H36N4O5S/c1-2-3-4-5-10-26(13-12-25-14-16-32-17-15-25)23(29)20-7-6-8-21(18-20)33(30,31)27-11-9-24-22(28)19-27/h6-8,18H,2-5,9-17,19H2,1H3,(H,24,28). The molecule has 1 aromatic rings. The molecule has 0 bridgehead atoms. The predicted octanol–water partition coefficient (Wildman–Crippen LogP) is 1.16. The van der Waals surface area contributed by atoms with E-state index in [0.29, 0.717) is 31.9 Å². The van der Waals surface area contributed by atoms with E-state index in [1.165, 1.54) is 12.1 Å². The van der Waals surface area contributed by atoms with Crippen molar-refractivity contribution in [3.05, 3.63) is 29.8 Å². The zero-order valence-electron chi connectivity index (χ0n) is 19.5. The number of piperazine rings is 1. The number of hydrogen-bond donors (Lipinski definition) is 1. The summed E-state index contributed by atoms with van der Waals surface area (Å²) in [6.45, 7) is 7.58. The Balaban J connectivity index is 1.73. The molecular weight excluding hydrogens is 444 g/mol. The number of unbranched alkanes of at least 4 members (excludes halogenated alkanes) is 3. The summed E-state index contributed by atoms with van der Waals surface area (Å²) in [6, 6.07) is 6.19. The first-order valence-electron chi connectivity index (χ1n) is 11.9. The molecule has 2 aliphatic heterocycles. The first-order chi connectivity index (χ1) is 15.9. The Hall–Kier alpha value is -2.01. The number of carbonyl (C=O) groups excluding carboxylic acids is 2. The first kappa shape index (κ1) is 25.6. The lowest BCUT2D eigenvalue weighted by Crippen LogP contribution is -2.49. The summed E-state index contributed by atoms with van der Waals surface area (Å²) in [7, 11) is -3.85. The fourth-order valence-corrected chi connectivity index (χ4v) is 5.52. The lowest BCUT2D eigenvalue weighted by Gasteiger charge is -2.30. The quantitative estimate of drug-likeness (QED) is 0.477. The van der Waals surface area contributed by atoms with Gasteiger partial charge >= 0.3 is 0 Å². The molecule has 0 atom stereocenters. The van der Waals surface area contributed by atoms with Crippen LogP contribution in [0, 0.1) is 0 Å². The zero-order valence-corrected chi connectivity index (χ0v) is 20.3. The van der Waals surface area contributed by atoms with Crippen LogP contribution >= 0.6 is 0 Å². The fraction of sp³-hybridized carbons (Fsp3) is 0.652. The lowest BCUT2D eigenvalue weighted by atomic mass is 10.1. The van der Waals surface area contributed by atoms with Crippen molar-refractivity contribution in [2.24, 2.45) is 0 Å². The summed E-state index contributed by atoms with van der Waals surface area (Å²) in [5, 5.41) is 2.63. The Labute approximate surface area is 197 Å². The number of carbonyl (C=O) groups is 2. The second kappa shape index (κ2) is 12.5. The van der Waals surface area contributed by atoms with Crippen LogP contribution in [0.4, 0.5) is 0 Å². The monoisotopic (exact) mass is 480 g/mol. The summed E-state index contributed by atoms with van der Waals surface area (Å²) < 4.78 is 32.7. The largest absolute Gasteiger partial charge is 0.379 e. The highest BCUT2D eigenvalue weighted by Gasteiger charge is 2.30. The van der Waals surface area contributed by atoms with Crippen LogP contribution in [0.3, 0.4) is 0 Å². The van der Waals surface area contributed by atoms with Crippen LogP contribution < -0.4 is 5.32 Å². The van der Waals surface area contributed by atoms with Crippen LogP contribution in [-0.4, -0.2) is 99.9 Å². The van der Waals surface area contributed by atoms with Crippen molar-refractivity contribution in [1.29, 1.82) is 0 Å².